The van der Waals surface area contributed by atoms with Gasteiger partial charge in [0.1, 0.15) is 0 Å². The van der Waals surface area contributed by atoms with Crippen molar-refractivity contribution in [2.45, 2.75) is 32.2 Å². The van der Waals surface area contributed by atoms with Gasteiger partial charge in [0.2, 0.25) is 0 Å². The molecule has 0 spiro atoms. The Morgan fingerprint density at radius 3 is 2.67 bits per heavy atom. The van der Waals surface area contributed by atoms with Crippen LogP contribution in [0.3, 0.4) is 0 Å². The number of nitrogens with one attached hydrogen (secondary N) is 2. The van der Waals surface area contributed by atoms with E-state index in [4.69, 9.17) is 9.73 Å². The number of guanidine groups is 1. The van der Waals surface area contributed by atoms with Gasteiger partial charge in [0.15, 0.2) is 5.96 Å². The monoisotopic (exact) mass is 526 g/mol. The second-order valence-electron chi connectivity index (χ2n) is 7.31. The smallest absolute Gasteiger partial charge is 0.191 e. The lowest BCUT2D eigenvalue weighted by Crippen LogP contribution is -2.39. The fourth-order valence-electron chi connectivity index (χ4n) is 3.32. The van der Waals surface area contributed by atoms with Crippen LogP contribution in [0, 0.1) is 0 Å². The maximum Gasteiger partial charge on any atom is 0.191 e. The van der Waals surface area contributed by atoms with E-state index < -0.39 is 0 Å². The van der Waals surface area contributed by atoms with Crippen LogP contribution in [0.2, 0.25) is 0 Å². The first-order valence-corrected chi connectivity index (χ1v) is 10.6. The lowest BCUT2D eigenvalue weighted by Gasteiger charge is -2.20. The molecule has 1 heterocycles. The van der Waals surface area contributed by atoms with Crippen LogP contribution in [-0.4, -0.2) is 73.1 Å². The van der Waals surface area contributed by atoms with Crippen molar-refractivity contribution >= 4 is 29.9 Å². The van der Waals surface area contributed by atoms with Crippen LogP contribution in [0.1, 0.15) is 25.3 Å². The zero-order valence-corrected chi connectivity index (χ0v) is 20.4. The van der Waals surface area contributed by atoms with Gasteiger partial charge >= 0.3 is 0 Å². The summed E-state index contributed by atoms with van der Waals surface area (Å²) in [5.74, 6) is 0.892. The number of hydrogen-bond acceptors (Lipinski definition) is 4. The maximum absolute atomic E-state index is 5.23. The van der Waals surface area contributed by atoms with Gasteiger partial charge in [0, 0.05) is 51.7 Å². The summed E-state index contributed by atoms with van der Waals surface area (Å²) >= 11 is 0. The molecule has 2 N–H and O–H groups in total. The van der Waals surface area contributed by atoms with Crippen LogP contribution >= 0.6 is 24.0 Å². The molecule has 1 saturated carbocycles. The van der Waals surface area contributed by atoms with E-state index in [0.717, 1.165) is 63.4 Å². The van der Waals surface area contributed by atoms with Crippen LogP contribution < -0.4 is 10.6 Å². The van der Waals surface area contributed by atoms with Crippen molar-refractivity contribution in [3.8, 4) is 5.69 Å². The van der Waals surface area contributed by atoms with Gasteiger partial charge in [-0.3, -0.25) is 9.89 Å². The highest BCUT2D eigenvalue weighted by atomic mass is 127. The molecule has 2 aromatic rings. The highest BCUT2D eigenvalue weighted by Gasteiger charge is 2.28. The Hall–Kier alpha value is -1.65. The summed E-state index contributed by atoms with van der Waals surface area (Å²) in [6, 6.07) is 11.2. The normalized spacial score (nSPS) is 13.9. The predicted octanol–water partition coefficient (Wildman–Crippen LogP) is 2.70. The second kappa shape index (κ2) is 13.6. The van der Waals surface area contributed by atoms with E-state index in [9.17, 15) is 0 Å². The number of halogens is 1. The molecule has 1 aliphatic carbocycles. The Labute approximate surface area is 197 Å². The average molecular weight is 526 g/mol. The first-order chi connectivity index (χ1) is 14.3. The van der Waals surface area contributed by atoms with E-state index >= 15 is 0 Å². The van der Waals surface area contributed by atoms with Gasteiger partial charge in [0.25, 0.3) is 0 Å². The number of methoxy groups -OCH3 is 1. The molecule has 7 nitrogen and oxygen atoms in total. The van der Waals surface area contributed by atoms with Crippen LogP contribution in [0.4, 0.5) is 0 Å². The minimum absolute atomic E-state index is 0. The number of rotatable bonds is 12. The summed E-state index contributed by atoms with van der Waals surface area (Å²) in [6.07, 6.45) is 7.32. The van der Waals surface area contributed by atoms with Gasteiger partial charge < -0.3 is 15.4 Å². The topological polar surface area (TPSA) is 66.7 Å². The van der Waals surface area contributed by atoms with E-state index in [1.807, 2.05) is 16.9 Å². The molecule has 0 unspecified atom stereocenters. The molecule has 1 aromatic carbocycles. The van der Waals surface area contributed by atoms with Crippen LogP contribution in [0.15, 0.2) is 47.7 Å². The van der Waals surface area contributed by atoms with Gasteiger partial charge in [-0.05, 0) is 49.9 Å². The molecular weight excluding hydrogens is 491 g/mol. The summed E-state index contributed by atoms with van der Waals surface area (Å²) in [7, 11) is 1.77. The minimum Gasteiger partial charge on any atom is -0.383 e. The predicted molar refractivity (Wildman–Crippen MR) is 133 cm³/mol. The molecule has 0 aliphatic heterocycles. The lowest BCUT2D eigenvalue weighted by atomic mass is 10.1. The fraction of sp³-hybridized carbons (Fsp3) is 0.545. The van der Waals surface area contributed by atoms with Crippen molar-refractivity contribution in [1.82, 2.24) is 25.3 Å². The number of aliphatic imine (C=N–C) groups is 1. The molecule has 0 atom stereocenters. The summed E-state index contributed by atoms with van der Waals surface area (Å²) in [4.78, 5) is 7.25. The molecular formula is C22H35IN6O. The summed E-state index contributed by atoms with van der Waals surface area (Å²) in [5.41, 5.74) is 2.37. The molecule has 0 saturated heterocycles. The zero-order chi connectivity index (χ0) is 20.3. The van der Waals surface area contributed by atoms with Crippen molar-refractivity contribution < 1.29 is 4.74 Å². The Bertz CT molecular complexity index is 731. The van der Waals surface area contributed by atoms with Crippen molar-refractivity contribution in [2.24, 2.45) is 4.99 Å². The van der Waals surface area contributed by atoms with Crippen LogP contribution in [-0.2, 0) is 11.2 Å². The summed E-state index contributed by atoms with van der Waals surface area (Å²) in [5, 5.41) is 11.1. The van der Waals surface area contributed by atoms with Crippen LogP contribution in [0.5, 0.6) is 0 Å². The van der Waals surface area contributed by atoms with Gasteiger partial charge in [-0.15, -0.1) is 24.0 Å². The Morgan fingerprint density at radius 1 is 1.23 bits per heavy atom. The molecule has 8 heteroatoms. The number of benzene rings is 1. The zero-order valence-electron chi connectivity index (χ0n) is 18.1. The Kier molecular flexibility index (Phi) is 11.2. The molecule has 30 heavy (non-hydrogen) atoms. The van der Waals surface area contributed by atoms with Gasteiger partial charge in [-0.25, -0.2) is 4.68 Å². The van der Waals surface area contributed by atoms with E-state index in [1.165, 1.54) is 18.4 Å². The third-order valence-electron chi connectivity index (χ3n) is 5.06. The molecule has 1 fully saturated rings. The Balaban J connectivity index is 0.00000320. The van der Waals surface area contributed by atoms with Crippen molar-refractivity contribution in [3.63, 3.8) is 0 Å². The minimum atomic E-state index is 0. The van der Waals surface area contributed by atoms with E-state index in [0.29, 0.717) is 0 Å². The third kappa shape index (κ3) is 8.23. The second-order valence-corrected chi connectivity index (χ2v) is 7.31. The fourth-order valence-corrected chi connectivity index (χ4v) is 3.32. The summed E-state index contributed by atoms with van der Waals surface area (Å²) < 4.78 is 7.10. The van der Waals surface area contributed by atoms with Crippen molar-refractivity contribution in [3.05, 3.63) is 48.3 Å². The standard InChI is InChI=1S/C22H34N6O.HI/c1-3-23-22(25-14-16-27(17-18-29-2)20-9-10-20)24-13-11-19-5-7-21(8-6-19)28-15-4-12-26-28;/h4-8,12,15,20H,3,9-11,13-14,16-18H2,1-2H3,(H2,23,24,25);1H. The van der Waals surface area contributed by atoms with Gasteiger partial charge in [-0.2, -0.15) is 5.10 Å². The molecule has 0 radical (unpaired) electrons. The quantitative estimate of drug-likeness (QED) is 0.253. The van der Waals surface area contributed by atoms with Crippen molar-refractivity contribution in [2.75, 3.05) is 46.4 Å². The largest absolute Gasteiger partial charge is 0.383 e. The highest BCUT2D eigenvalue weighted by Crippen LogP contribution is 2.26. The molecule has 1 aliphatic rings. The van der Waals surface area contributed by atoms with E-state index in [2.05, 4.69) is 51.8 Å². The lowest BCUT2D eigenvalue weighted by molar-refractivity contribution is 0.145. The molecule has 166 valence electrons. The highest BCUT2D eigenvalue weighted by molar-refractivity contribution is 14.0. The van der Waals surface area contributed by atoms with E-state index in [-0.39, 0.29) is 24.0 Å². The molecule has 3 rings (SSSR count). The summed E-state index contributed by atoms with van der Waals surface area (Å²) in [6.45, 7) is 7.38. The molecule has 0 bridgehead atoms. The average Bonchev–Trinajstić information content (AvgIpc) is 3.44. The number of nitrogens with zero attached hydrogens (tertiary/aromatic N) is 4. The first-order valence-electron chi connectivity index (χ1n) is 10.6. The third-order valence-corrected chi connectivity index (χ3v) is 5.06. The Morgan fingerprint density at radius 2 is 2.03 bits per heavy atom. The van der Waals surface area contributed by atoms with E-state index in [1.54, 1.807) is 13.3 Å². The van der Waals surface area contributed by atoms with Crippen LogP contribution in [0.25, 0.3) is 5.69 Å². The maximum atomic E-state index is 5.23. The number of aromatic nitrogens is 2. The van der Waals surface area contributed by atoms with Gasteiger partial charge in [0.05, 0.1) is 18.8 Å². The molecule has 0 amide bonds. The van der Waals surface area contributed by atoms with Gasteiger partial charge in [-0.1, -0.05) is 12.1 Å². The first kappa shape index (κ1) is 24.6. The molecule has 1 aromatic heterocycles. The SMILES string of the molecule is CCNC(=NCCN(CCOC)C1CC1)NCCc1ccc(-n2cccn2)cc1.I. The number of hydrogen-bond donors (Lipinski definition) is 2. The van der Waals surface area contributed by atoms with Crippen molar-refractivity contribution in [1.29, 1.82) is 0 Å². The number of ether oxygens (including phenoxy) is 1.